The molecule has 0 saturated heterocycles. The molecule has 0 aliphatic carbocycles. The van der Waals surface area contributed by atoms with E-state index >= 15 is 0 Å². The maximum absolute atomic E-state index is 7.23. The van der Waals surface area contributed by atoms with Crippen LogP contribution in [0.4, 0.5) is 0 Å². The summed E-state index contributed by atoms with van der Waals surface area (Å²) in [5.41, 5.74) is 11.8. The molecule has 0 fully saturated rings. The monoisotopic (exact) mass is 906 g/mol. The smallest absolute Gasteiger partial charge is 0.0774 e. The Kier molecular flexibility index (Phi) is 9.42. The number of thiophene rings is 1. The van der Waals surface area contributed by atoms with Crippen molar-refractivity contribution < 1.29 is 24.2 Å². The predicted molar refractivity (Wildman–Crippen MR) is 224 cm³/mol. The number of hydrogen-bond donors (Lipinski definition) is 0. The fraction of sp³-hybridized carbons (Fsp3) is 0.0204. The second-order valence-corrected chi connectivity index (χ2v) is 13.6. The van der Waals surface area contributed by atoms with Crippen molar-refractivity contribution in [2.75, 3.05) is 0 Å². The van der Waals surface area contributed by atoms with Gasteiger partial charge in [-0.1, -0.05) is 131 Å². The summed E-state index contributed by atoms with van der Waals surface area (Å²) in [7, 11) is 0. The number of rotatable bonds is 6. The van der Waals surface area contributed by atoms with E-state index in [-0.39, 0.29) is 25.7 Å². The van der Waals surface area contributed by atoms with Gasteiger partial charge in [0.05, 0.1) is 22.5 Å². The standard InChI is InChI=1S/C37H24N3S.C12H10N.Ir/c1-3-12-26(13-4-1)29-16-11-17-30(27-14-5-2-6-15-27)36(29)40-34-19-8-7-18-33(34)38-37(40)32-25-41-35-21-20-28(24-31(32)35)39-22-9-10-23-39;1-10-7-8-12(13-9-10)11-5-3-2-4-6-11;/h1-24H;2-5,7-9H,1H3;/q2*-1;/i;1D3;. The van der Waals surface area contributed by atoms with E-state index in [9.17, 15) is 0 Å². The van der Waals surface area contributed by atoms with Crippen LogP contribution in [0, 0.1) is 18.3 Å². The van der Waals surface area contributed by atoms with E-state index in [1.54, 1.807) is 29.5 Å². The van der Waals surface area contributed by atoms with Gasteiger partial charge in [-0.15, -0.1) is 41.3 Å². The molecule has 10 rings (SSSR count). The van der Waals surface area contributed by atoms with Gasteiger partial charge < -0.3 is 14.1 Å². The third kappa shape index (κ3) is 7.24. The average molecular weight is 906 g/mol. The van der Waals surface area contributed by atoms with Gasteiger partial charge in [0, 0.05) is 59.6 Å². The molecule has 4 heterocycles. The Hall–Kier alpha value is -6.17. The number of hydrogen-bond acceptors (Lipinski definition) is 3. The van der Waals surface area contributed by atoms with Crippen molar-refractivity contribution in [3.8, 4) is 56.3 Å². The van der Waals surface area contributed by atoms with Gasteiger partial charge in [-0.2, -0.15) is 0 Å². The number of para-hydroxylation sites is 3. The summed E-state index contributed by atoms with van der Waals surface area (Å²) in [6, 6.07) is 60.8. The average Bonchev–Trinajstić information content (AvgIpc) is 4.04. The van der Waals surface area contributed by atoms with E-state index in [1.165, 1.54) is 10.9 Å². The summed E-state index contributed by atoms with van der Waals surface area (Å²) in [4.78, 5) is 9.40. The minimum atomic E-state index is -2.09. The van der Waals surface area contributed by atoms with Gasteiger partial charge in [0.2, 0.25) is 0 Å². The molecule has 0 amide bonds. The first kappa shape index (κ1) is 32.3. The van der Waals surface area contributed by atoms with E-state index < -0.39 is 6.85 Å². The van der Waals surface area contributed by atoms with E-state index in [0.29, 0.717) is 0 Å². The molecular weight excluding hydrogens is 869 g/mol. The van der Waals surface area contributed by atoms with E-state index in [4.69, 9.17) is 9.10 Å². The molecule has 0 unspecified atom stereocenters. The molecule has 0 N–H and O–H groups in total. The second-order valence-electron chi connectivity index (χ2n) is 12.8. The normalized spacial score (nSPS) is 11.9. The molecule has 6 aromatic carbocycles. The molecule has 4 aromatic heterocycles. The second kappa shape index (κ2) is 16.1. The number of aromatic nitrogens is 4. The molecule has 1 radical (unpaired) electrons. The van der Waals surface area contributed by atoms with Crippen LogP contribution >= 0.6 is 11.3 Å². The fourth-order valence-corrected chi connectivity index (χ4v) is 7.63. The Morgan fingerprint density at radius 1 is 0.673 bits per heavy atom. The van der Waals surface area contributed by atoms with E-state index in [0.717, 1.165) is 72.7 Å². The number of fused-ring (bicyclic) bond motifs is 2. The SMILES string of the molecule is [2H]C([2H])([2H])c1ccc(-c2[c-]cccc2)nc1.[Ir].[c-]1sc2ccc(-n3cccc3)cc2c1-c1nc2ccccc2n1-c1c(-c2ccccc2)cccc1-c1ccccc1. The van der Waals surface area contributed by atoms with Crippen molar-refractivity contribution in [3.05, 3.63) is 205 Å². The largest absolute Gasteiger partial charge is 0.332 e. The van der Waals surface area contributed by atoms with Crippen LogP contribution in [0.15, 0.2) is 188 Å². The number of nitrogens with zero attached hydrogens (tertiary/aromatic N) is 4. The predicted octanol–water partition coefficient (Wildman–Crippen LogP) is 12.7. The number of imidazole rings is 1. The minimum absolute atomic E-state index is 0. The fourth-order valence-electron chi connectivity index (χ4n) is 6.81. The van der Waals surface area contributed by atoms with Crippen LogP contribution in [0.2, 0.25) is 0 Å². The molecule has 0 aliphatic heterocycles. The quantitative estimate of drug-likeness (QED) is 0.156. The molecule has 10 aromatic rings. The van der Waals surface area contributed by atoms with Crippen LogP contribution < -0.4 is 0 Å². The summed E-state index contributed by atoms with van der Waals surface area (Å²) >= 11 is 1.64. The zero-order valence-corrected chi connectivity index (χ0v) is 32.6. The molecule has 4 nitrogen and oxygen atoms in total. The van der Waals surface area contributed by atoms with Crippen molar-refractivity contribution in [3.63, 3.8) is 0 Å². The Morgan fingerprint density at radius 3 is 2.05 bits per heavy atom. The van der Waals surface area contributed by atoms with Crippen molar-refractivity contribution in [1.29, 1.82) is 0 Å². The van der Waals surface area contributed by atoms with Gasteiger partial charge >= 0.3 is 0 Å². The zero-order valence-electron chi connectivity index (χ0n) is 32.4. The zero-order chi connectivity index (χ0) is 38.8. The number of benzene rings is 6. The summed E-state index contributed by atoms with van der Waals surface area (Å²) in [6.45, 7) is -2.09. The van der Waals surface area contributed by atoms with Crippen LogP contribution in [-0.4, -0.2) is 19.1 Å². The molecular formula is C49H34IrN4S-2. The molecule has 0 bridgehead atoms. The van der Waals surface area contributed by atoms with Crippen molar-refractivity contribution in [2.45, 2.75) is 6.85 Å². The summed E-state index contributed by atoms with van der Waals surface area (Å²) in [6.07, 6.45) is 5.55. The third-order valence-electron chi connectivity index (χ3n) is 9.36. The van der Waals surface area contributed by atoms with Crippen molar-refractivity contribution >= 4 is 32.5 Å². The van der Waals surface area contributed by atoms with Crippen LogP contribution in [0.5, 0.6) is 0 Å². The molecule has 267 valence electrons. The molecule has 0 spiro atoms. The maximum atomic E-state index is 7.23. The van der Waals surface area contributed by atoms with Crippen molar-refractivity contribution in [1.82, 2.24) is 19.1 Å². The first-order chi connectivity index (χ1) is 27.9. The Labute approximate surface area is 342 Å². The van der Waals surface area contributed by atoms with Crippen LogP contribution in [-0.2, 0) is 20.1 Å². The van der Waals surface area contributed by atoms with E-state index in [1.807, 2.05) is 18.2 Å². The van der Waals surface area contributed by atoms with Gasteiger partial charge in [-0.05, 0) is 59.6 Å². The molecule has 0 atom stereocenters. The summed E-state index contributed by atoms with van der Waals surface area (Å²) in [5.74, 6) is 0.891. The van der Waals surface area contributed by atoms with Gasteiger partial charge in [0.25, 0.3) is 0 Å². The molecule has 0 saturated carbocycles. The number of pyridine rings is 1. The van der Waals surface area contributed by atoms with Crippen LogP contribution in [0.1, 0.15) is 9.68 Å². The first-order valence-electron chi connectivity index (χ1n) is 19.2. The van der Waals surface area contributed by atoms with Gasteiger partial charge in [0.1, 0.15) is 0 Å². The minimum Gasteiger partial charge on any atom is -0.332 e. The van der Waals surface area contributed by atoms with Crippen molar-refractivity contribution in [2.24, 2.45) is 0 Å². The van der Waals surface area contributed by atoms with Gasteiger partial charge in [-0.25, -0.2) is 0 Å². The summed E-state index contributed by atoms with van der Waals surface area (Å²) in [5, 5.41) is 4.79. The van der Waals surface area contributed by atoms with Crippen LogP contribution in [0.3, 0.4) is 0 Å². The maximum Gasteiger partial charge on any atom is 0.0774 e. The molecule has 0 aliphatic rings. The Balaban J connectivity index is 0.000000233. The Morgan fingerprint density at radius 2 is 1.38 bits per heavy atom. The first-order valence-corrected chi connectivity index (χ1v) is 18.5. The molecule has 6 heteroatoms. The van der Waals surface area contributed by atoms with E-state index in [2.05, 4.69) is 171 Å². The topological polar surface area (TPSA) is 35.6 Å². The Bertz CT molecular complexity index is 2870. The van der Waals surface area contributed by atoms with Gasteiger partial charge in [0.15, 0.2) is 0 Å². The summed E-state index contributed by atoms with van der Waals surface area (Å²) < 4.78 is 27.4. The van der Waals surface area contributed by atoms with Gasteiger partial charge in [-0.3, -0.25) is 16.3 Å². The third-order valence-corrected chi connectivity index (χ3v) is 10.2. The number of aryl methyl sites for hydroxylation is 1. The molecule has 55 heavy (non-hydrogen) atoms. The van der Waals surface area contributed by atoms with Crippen LogP contribution in [0.25, 0.3) is 77.4 Å².